The average Bonchev–Trinajstić information content (AvgIpc) is 2.37. The zero-order chi connectivity index (χ0) is 13.5. The van der Waals surface area contributed by atoms with Crippen molar-refractivity contribution >= 4 is 23.5 Å². The van der Waals surface area contributed by atoms with Gasteiger partial charge < -0.3 is 9.47 Å². The van der Waals surface area contributed by atoms with Crippen LogP contribution in [-0.4, -0.2) is 25.7 Å². The highest BCUT2D eigenvalue weighted by Crippen LogP contribution is 2.20. The number of rotatable bonds is 5. The molecule has 0 saturated heterocycles. The van der Waals surface area contributed by atoms with Crippen LogP contribution in [-0.2, 0) is 25.5 Å². The molecule has 1 unspecified atom stereocenters. The van der Waals surface area contributed by atoms with E-state index < -0.39 is 17.9 Å². The highest BCUT2D eigenvalue weighted by molar-refractivity contribution is 6.31. The summed E-state index contributed by atoms with van der Waals surface area (Å²) in [5, 5.41) is 0.510. The largest absolute Gasteiger partial charge is 0.468 e. The molecule has 0 aromatic heterocycles. The zero-order valence-corrected chi connectivity index (χ0v) is 11.1. The summed E-state index contributed by atoms with van der Waals surface area (Å²) >= 11 is 5.99. The van der Waals surface area contributed by atoms with Gasteiger partial charge in [0, 0.05) is 5.02 Å². The summed E-state index contributed by atoms with van der Waals surface area (Å²) in [6.45, 7) is 1.90. The number of carbonyl (C=O) groups is 2. The molecule has 0 amide bonds. The van der Waals surface area contributed by atoms with Gasteiger partial charge in [-0.2, -0.15) is 0 Å². The Hall–Kier alpha value is -1.55. The summed E-state index contributed by atoms with van der Waals surface area (Å²) in [6.07, 6.45) is 0.172. The summed E-state index contributed by atoms with van der Waals surface area (Å²) < 4.78 is 9.47. The molecule has 0 heterocycles. The molecule has 1 rings (SSSR count). The van der Waals surface area contributed by atoms with Crippen molar-refractivity contribution in [1.82, 2.24) is 0 Å². The molecule has 1 atom stereocenters. The van der Waals surface area contributed by atoms with E-state index in [1.54, 1.807) is 31.2 Å². The Morgan fingerprint density at radius 1 is 1.28 bits per heavy atom. The van der Waals surface area contributed by atoms with E-state index in [0.717, 1.165) is 0 Å². The van der Waals surface area contributed by atoms with Gasteiger partial charge >= 0.3 is 11.9 Å². The maximum Gasteiger partial charge on any atom is 0.320 e. The monoisotopic (exact) mass is 270 g/mol. The second-order valence-corrected chi connectivity index (χ2v) is 4.03. The lowest BCUT2D eigenvalue weighted by molar-refractivity contribution is -0.160. The molecule has 1 aromatic rings. The first-order valence-electron chi connectivity index (χ1n) is 5.58. The minimum Gasteiger partial charge on any atom is -0.468 e. The van der Waals surface area contributed by atoms with Crippen LogP contribution in [0.4, 0.5) is 0 Å². The topological polar surface area (TPSA) is 52.6 Å². The van der Waals surface area contributed by atoms with Gasteiger partial charge in [0.25, 0.3) is 0 Å². The Kier molecular flexibility index (Phi) is 5.65. The summed E-state index contributed by atoms with van der Waals surface area (Å²) in [4.78, 5) is 23.3. The van der Waals surface area contributed by atoms with Crippen LogP contribution in [0.25, 0.3) is 0 Å². The summed E-state index contributed by atoms with van der Waals surface area (Å²) in [5.74, 6) is -2.19. The SMILES string of the molecule is CCOC(=O)C(Cc1ccccc1Cl)C(=O)OC. The normalized spacial score (nSPS) is 11.7. The van der Waals surface area contributed by atoms with E-state index in [-0.39, 0.29) is 13.0 Å². The molecule has 18 heavy (non-hydrogen) atoms. The molecule has 0 radical (unpaired) electrons. The van der Waals surface area contributed by atoms with Crippen molar-refractivity contribution in [2.45, 2.75) is 13.3 Å². The van der Waals surface area contributed by atoms with Crippen LogP contribution in [0.1, 0.15) is 12.5 Å². The fourth-order valence-corrected chi connectivity index (χ4v) is 1.74. The molecule has 0 aliphatic rings. The smallest absolute Gasteiger partial charge is 0.320 e. The Bertz CT molecular complexity index is 431. The van der Waals surface area contributed by atoms with Crippen LogP contribution in [0.5, 0.6) is 0 Å². The predicted molar refractivity (Wildman–Crippen MR) is 67.3 cm³/mol. The lowest BCUT2D eigenvalue weighted by Crippen LogP contribution is -2.29. The molecule has 0 bridgehead atoms. The molecule has 0 saturated carbocycles. The van der Waals surface area contributed by atoms with E-state index in [2.05, 4.69) is 4.74 Å². The second kappa shape index (κ2) is 7.01. The Morgan fingerprint density at radius 2 is 1.94 bits per heavy atom. The summed E-state index contributed by atoms with van der Waals surface area (Å²) in [5.41, 5.74) is 0.711. The molecule has 0 aliphatic carbocycles. The molecule has 0 N–H and O–H groups in total. The predicted octanol–water partition coefficient (Wildman–Crippen LogP) is 2.23. The Labute approximate surface area is 111 Å². The van der Waals surface area contributed by atoms with Gasteiger partial charge in [0.1, 0.15) is 0 Å². The molecular weight excluding hydrogens is 256 g/mol. The molecule has 5 heteroatoms. The maximum absolute atomic E-state index is 11.7. The van der Waals surface area contributed by atoms with E-state index in [4.69, 9.17) is 16.3 Å². The maximum atomic E-state index is 11.7. The van der Waals surface area contributed by atoms with Crippen LogP contribution in [0, 0.1) is 5.92 Å². The van der Waals surface area contributed by atoms with Crippen molar-refractivity contribution < 1.29 is 19.1 Å². The van der Waals surface area contributed by atoms with Gasteiger partial charge in [0.05, 0.1) is 13.7 Å². The number of halogens is 1. The number of ether oxygens (including phenoxy) is 2. The number of esters is 2. The number of hydrogen-bond donors (Lipinski definition) is 0. The highest BCUT2D eigenvalue weighted by atomic mass is 35.5. The second-order valence-electron chi connectivity index (χ2n) is 3.62. The van der Waals surface area contributed by atoms with E-state index in [1.165, 1.54) is 7.11 Å². The fourth-order valence-electron chi connectivity index (χ4n) is 1.53. The lowest BCUT2D eigenvalue weighted by atomic mass is 9.99. The molecule has 4 nitrogen and oxygen atoms in total. The van der Waals surface area contributed by atoms with E-state index >= 15 is 0 Å². The van der Waals surface area contributed by atoms with Gasteiger partial charge in [-0.3, -0.25) is 9.59 Å². The van der Waals surface area contributed by atoms with Crippen molar-refractivity contribution in [3.8, 4) is 0 Å². The molecule has 0 spiro atoms. The van der Waals surface area contributed by atoms with E-state index in [0.29, 0.717) is 10.6 Å². The van der Waals surface area contributed by atoms with Crippen LogP contribution in [0.3, 0.4) is 0 Å². The van der Waals surface area contributed by atoms with E-state index in [1.807, 2.05) is 0 Å². The van der Waals surface area contributed by atoms with Crippen molar-refractivity contribution in [3.05, 3.63) is 34.9 Å². The third-order valence-corrected chi connectivity index (χ3v) is 2.81. The Morgan fingerprint density at radius 3 is 2.50 bits per heavy atom. The van der Waals surface area contributed by atoms with Gasteiger partial charge in [-0.25, -0.2) is 0 Å². The first-order chi connectivity index (χ1) is 8.60. The van der Waals surface area contributed by atoms with Gasteiger partial charge in [-0.15, -0.1) is 0 Å². The van der Waals surface area contributed by atoms with Crippen molar-refractivity contribution in [2.24, 2.45) is 5.92 Å². The van der Waals surface area contributed by atoms with Gasteiger partial charge in [0.2, 0.25) is 0 Å². The number of hydrogen-bond acceptors (Lipinski definition) is 4. The van der Waals surface area contributed by atoms with Crippen molar-refractivity contribution in [1.29, 1.82) is 0 Å². The first kappa shape index (κ1) is 14.5. The van der Waals surface area contributed by atoms with Crippen LogP contribution < -0.4 is 0 Å². The standard InChI is InChI=1S/C13H15ClO4/c1-3-18-13(16)10(12(15)17-2)8-9-6-4-5-7-11(9)14/h4-7,10H,3,8H2,1-2H3. The quantitative estimate of drug-likeness (QED) is 0.608. The van der Waals surface area contributed by atoms with Gasteiger partial charge in [0.15, 0.2) is 5.92 Å². The number of benzene rings is 1. The molecule has 1 aromatic carbocycles. The average molecular weight is 271 g/mol. The molecular formula is C13H15ClO4. The molecule has 0 aliphatic heterocycles. The Balaban J connectivity index is 2.88. The highest BCUT2D eigenvalue weighted by Gasteiger charge is 2.29. The zero-order valence-electron chi connectivity index (χ0n) is 10.3. The van der Waals surface area contributed by atoms with Crippen LogP contribution >= 0.6 is 11.6 Å². The van der Waals surface area contributed by atoms with Gasteiger partial charge in [-0.1, -0.05) is 29.8 Å². The van der Waals surface area contributed by atoms with Gasteiger partial charge in [-0.05, 0) is 25.0 Å². The minimum atomic E-state index is -0.977. The number of carbonyl (C=O) groups excluding carboxylic acids is 2. The first-order valence-corrected chi connectivity index (χ1v) is 5.95. The fraction of sp³-hybridized carbons (Fsp3) is 0.385. The van der Waals surface area contributed by atoms with Crippen molar-refractivity contribution in [2.75, 3.05) is 13.7 Å². The third-order valence-electron chi connectivity index (χ3n) is 2.44. The van der Waals surface area contributed by atoms with Crippen LogP contribution in [0.2, 0.25) is 5.02 Å². The summed E-state index contributed by atoms with van der Waals surface area (Å²) in [7, 11) is 1.24. The lowest BCUT2D eigenvalue weighted by Gasteiger charge is -2.14. The molecule has 98 valence electrons. The number of methoxy groups -OCH3 is 1. The van der Waals surface area contributed by atoms with Crippen LogP contribution in [0.15, 0.2) is 24.3 Å². The summed E-state index contributed by atoms with van der Waals surface area (Å²) in [6, 6.07) is 7.04. The van der Waals surface area contributed by atoms with E-state index in [9.17, 15) is 9.59 Å². The minimum absolute atomic E-state index is 0.172. The van der Waals surface area contributed by atoms with Crippen molar-refractivity contribution in [3.63, 3.8) is 0 Å². The third kappa shape index (κ3) is 3.74. The molecule has 0 fully saturated rings.